The Morgan fingerprint density at radius 3 is 2.68 bits per heavy atom. The average Bonchev–Trinajstić information content (AvgIpc) is 2.43. The van der Waals surface area contributed by atoms with Crippen molar-refractivity contribution in [2.75, 3.05) is 26.7 Å². The Balaban J connectivity index is 2.24. The van der Waals surface area contributed by atoms with Crippen LogP contribution in [0.25, 0.3) is 0 Å². The molecule has 106 valence electrons. The van der Waals surface area contributed by atoms with Crippen molar-refractivity contribution in [2.45, 2.75) is 25.0 Å². The lowest BCUT2D eigenvalue weighted by Crippen LogP contribution is -2.43. The van der Waals surface area contributed by atoms with Crippen molar-refractivity contribution in [3.05, 3.63) is 33.8 Å². The first-order chi connectivity index (χ1) is 9.17. The second-order valence-corrected chi connectivity index (χ2v) is 5.70. The van der Waals surface area contributed by atoms with Gasteiger partial charge in [0, 0.05) is 35.8 Å². The lowest BCUT2D eigenvalue weighted by Gasteiger charge is -2.38. The van der Waals surface area contributed by atoms with Gasteiger partial charge in [0.15, 0.2) is 0 Å². The molecule has 1 heterocycles. The first-order valence-electron chi connectivity index (χ1n) is 6.58. The fraction of sp³-hybridized carbons (Fsp3) is 0.571. The number of nitrogens with zero attached hydrogens (tertiary/aromatic N) is 1. The van der Waals surface area contributed by atoms with Gasteiger partial charge < -0.3 is 10.5 Å². The fourth-order valence-electron chi connectivity index (χ4n) is 2.72. The maximum atomic E-state index is 6.29. The van der Waals surface area contributed by atoms with Crippen LogP contribution in [-0.2, 0) is 4.74 Å². The first kappa shape index (κ1) is 15.1. The van der Waals surface area contributed by atoms with Crippen LogP contribution in [-0.4, -0.2) is 37.7 Å². The highest BCUT2D eigenvalue weighted by molar-refractivity contribution is 6.36. The largest absolute Gasteiger partial charge is 0.380 e. The maximum Gasteiger partial charge on any atom is 0.0698 e. The molecule has 2 atom stereocenters. The van der Waals surface area contributed by atoms with E-state index in [-0.39, 0.29) is 12.1 Å². The van der Waals surface area contributed by atoms with E-state index in [2.05, 4.69) is 4.90 Å². The van der Waals surface area contributed by atoms with E-state index in [1.807, 2.05) is 18.2 Å². The summed E-state index contributed by atoms with van der Waals surface area (Å²) in [5.74, 6) is 0. The van der Waals surface area contributed by atoms with Gasteiger partial charge in [-0.2, -0.15) is 0 Å². The molecule has 0 bridgehead atoms. The summed E-state index contributed by atoms with van der Waals surface area (Å²) in [6, 6.07) is 5.64. The maximum absolute atomic E-state index is 6.29. The summed E-state index contributed by atoms with van der Waals surface area (Å²) in [5, 5.41) is 1.37. The number of rotatable bonds is 4. The zero-order valence-electron chi connectivity index (χ0n) is 11.1. The van der Waals surface area contributed by atoms with Crippen molar-refractivity contribution >= 4 is 23.2 Å². The minimum Gasteiger partial charge on any atom is -0.380 e. The van der Waals surface area contributed by atoms with Crippen molar-refractivity contribution in [1.82, 2.24) is 4.90 Å². The number of nitrogens with two attached hydrogens (primary N) is 1. The Hall–Kier alpha value is -0.320. The van der Waals surface area contributed by atoms with Crippen LogP contribution >= 0.6 is 23.2 Å². The molecule has 2 unspecified atom stereocenters. The van der Waals surface area contributed by atoms with E-state index in [4.69, 9.17) is 33.7 Å². The van der Waals surface area contributed by atoms with Gasteiger partial charge in [0.2, 0.25) is 0 Å². The molecule has 1 saturated heterocycles. The molecule has 1 aromatic rings. The number of methoxy groups -OCH3 is 1. The van der Waals surface area contributed by atoms with Gasteiger partial charge in [0.05, 0.1) is 12.1 Å². The van der Waals surface area contributed by atoms with Gasteiger partial charge in [-0.05, 0) is 31.5 Å². The molecule has 5 heteroatoms. The summed E-state index contributed by atoms with van der Waals surface area (Å²) in [4.78, 5) is 2.32. The van der Waals surface area contributed by atoms with Gasteiger partial charge in [0.25, 0.3) is 0 Å². The number of hydrogen-bond donors (Lipinski definition) is 1. The predicted molar refractivity (Wildman–Crippen MR) is 79.9 cm³/mol. The highest BCUT2D eigenvalue weighted by Crippen LogP contribution is 2.34. The Bertz CT molecular complexity index is 408. The van der Waals surface area contributed by atoms with Crippen LogP contribution in [0.1, 0.15) is 24.4 Å². The molecular formula is C14H20Cl2N2O. The minimum absolute atomic E-state index is 0.0548. The van der Waals surface area contributed by atoms with Gasteiger partial charge in [-0.15, -0.1) is 0 Å². The summed E-state index contributed by atoms with van der Waals surface area (Å²) >= 11 is 12.6. The van der Waals surface area contributed by atoms with Crippen molar-refractivity contribution < 1.29 is 4.74 Å². The van der Waals surface area contributed by atoms with Crippen LogP contribution in [0.3, 0.4) is 0 Å². The van der Waals surface area contributed by atoms with Gasteiger partial charge in [0.1, 0.15) is 0 Å². The summed E-state index contributed by atoms with van der Waals surface area (Å²) in [5.41, 5.74) is 6.90. The topological polar surface area (TPSA) is 38.5 Å². The molecule has 0 spiro atoms. The van der Waals surface area contributed by atoms with Gasteiger partial charge >= 0.3 is 0 Å². The Labute approximate surface area is 124 Å². The average molecular weight is 303 g/mol. The number of ether oxygens (including phenoxy) is 1. The van der Waals surface area contributed by atoms with E-state index < -0.39 is 0 Å². The van der Waals surface area contributed by atoms with Crippen LogP contribution in [0.15, 0.2) is 18.2 Å². The van der Waals surface area contributed by atoms with Gasteiger partial charge in [-0.3, -0.25) is 4.90 Å². The second-order valence-electron chi connectivity index (χ2n) is 4.88. The Kier molecular flexibility index (Phi) is 5.48. The van der Waals surface area contributed by atoms with Crippen molar-refractivity contribution in [3.8, 4) is 0 Å². The molecule has 2 rings (SSSR count). The Morgan fingerprint density at radius 2 is 2.11 bits per heavy atom. The highest BCUT2D eigenvalue weighted by atomic mass is 35.5. The lowest BCUT2D eigenvalue weighted by atomic mass is 10.0. The quantitative estimate of drug-likeness (QED) is 0.929. The third-order valence-corrected chi connectivity index (χ3v) is 4.40. The zero-order valence-corrected chi connectivity index (χ0v) is 12.6. The van der Waals surface area contributed by atoms with E-state index in [1.165, 1.54) is 0 Å². The van der Waals surface area contributed by atoms with Crippen LogP contribution in [0, 0.1) is 0 Å². The molecule has 0 aliphatic carbocycles. The monoisotopic (exact) mass is 302 g/mol. The fourth-order valence-corrected chi connectivity index (χ4v) is 3.37. The summed E-state index contributed by atoms with van der Waals surface area (Å²) in [6.45, 7) is 2.38. The number of benzene rings is 1. The van der Waals surface area contributed by atoms with Crippen molar-refractivity contribution in [1.29, 1.82) is 0 Å². The highest BCUT2D eigenvalue weighted by Gasteiger charge is 2.28. The van der Waals surface area contributed by atoms with Crippen LogP contribution in [0.4, 0.5) is 0 Å². The molecule has 1 aromatic carbocycles. The minimum atomic E-state index is 0.0548. The lowest BCUT2D eigenvalue weighted by molar-refractivity contribution is 0.0155. The van der Waals surface area contributed by atoms with Crippen LogP contribution in [0.5, 0.6) is 0 Å². The standard InChI is InChI=1S/C14H20Cl2N2O/c1-19-10-4-3-7-18(9-10)13(8-17)14-11(15)5-2-6-12(14)16/h2,5-6,10,13H,3-4,7-9,17H2,1H3. The van der Waals surface area contributed by atoms with Gasteiger partial charge in [-0.1, -0.05) is 29.3 Å². The number of likely N-dealkylation sites (tertiary alicyclic amines) is 1. The normalized spacial score (nSPS) is 22.4. The van der Waals surface area contributed by atoms with Gasteiger partial charge in [-0.25, -0.2) is 0 Å². The second kappa shape index (κ2) is 6.91. The van der Waals surface area contributed by atoms with Crippen LogP contribution < -0.4 is 5.73 Å². The molecule has 19 heavy (non-hydrogen) atoms. The third kappa shape index (κ3) is 3.41. The number of piperidine rings is 1. The molecule has 3 nitrogen and oxygen atoms in total. The molecule has 0 amide bonds. The molecule has 0 radical (unpaired) electrons. The molecular weight excluding hydrogens is 283 g/mol. The van der Waals surface area contributed by atoms with E-state index in [0.29, 0.717) is 16.6 Å². The first-order valence-corrected chi connectivity index (χ1v) is 7.33. The van der Waals surface area contributed by atoms with E-state index >= 15 is 0 Å². The third-order valence-electron chi connectivity index (χ3n) is 3.74. The molecule has 1 aliphatic rings. The molecule has 1 fully saturated rings. The van der Waals surface area contributed by atoms with Crippen molar-refractivity contribution in [3.63, 3.8) is 0 Å². The molecule has 2 N–H and O–H groups in total. The molecule has 1 aliphatic heterocycles. The summed E-state index contributed by atoms with van der Waals surface area (Å²) in [6.07, 6.45) is 2.47. The number of hydrogen-bond acceptors (Lipinski definition) is 3. The molecule has 0 aromatic heterocycles. The van der Waals surface area contributed by atoms with E-state index in [9.17, 15) is 0 Å². The van der Waals surface area contributed by atoms with E-state index in [0.717, 1.165) is 31.5 Å². The Morgan fingerprint density at radius 1 is 1.42 bits per heavy atom. The summed E-state index contributed by atoms with van der Waals surface area (Å²) in [7, 11) is 1.76. The number of halogens is 2. The zero-order chi connectivity index (χ0) is 13.8. The van der Waals surface area contributed by atoms with E-state index in [1.54, 1.807) is 7.11 Å². The molecule has 0 saturated carbocycles. The van der Waals surface area contributed by atoms with Crippen LogP contribution in [0.2, 0.25) is 10.0 Å². The van der Waals surface area contributed by atoms with Crippen molar-refractivity contribution in [2.24, 2.45) is 5.73 Å². The summed E-state index contributed by atoms with van der Waals surface area (Å²) < 4.78 is 5.46. The predicted octanol–water partition coefficient (Wildman–Crippen LogP) is 3.10. The smallest absolute Gasteiger partial charge is 0.0698 e. The SMILES string of the molecule is COC1CCCN(C(CN)c2c(Cl)cccc2Cl)C1.